The second-order valence-electron chi connectivity index (χ2n) is 4.22. The van der Waals surface area contributed by atoms with Crippen molar-refractivity contribution in [2.24, 2.45) is 0 Å². The number of nitrogens with zero attached hydrogens (tertiary/aromatic N) is 3. The Kier molecular flexibility index (Phi) is 3.29. The smallest absolute Gasteiger partial charge is 0.0832 e. The van der Waals surface area contributed by atoms with Crippen LogP contribution in [0.15, 0.2) is 61.2 Å². The zero-order valence-electron chi connectivity index (χ0n) is 10.2. The molecule has 4 heteroatoms. The quantitative estimate of drug-likeness (QED) is 0.679. The Morgan fingerprint density at radius 3 is 2.63 bits per heavy atom. The molecule has 3 nitrogen and oxygen atoms in total. The number of aromatic nitrogens is 3. The molecule has 3 rings (SSSR count). The Bertz CT molecular complexity index is 677. The monoisotopic (exact) mass is 269 g/mol. The van der Waals surface area contributed by atoms with E-state index in [4.69, 9.17) is 11.6 Å². The third-order valence-corrected chi connectivity index (χ3v) is 3.20. The summed E-state index contributed by atoms with van der Waals surface area (Å²) in [4.78, 5) is 4.17. The molecule has 2 heterocycles. The number of pyridine rings is 1. The highest BCUT2D eigenvalue weighted by Crippen LogP contribution is 2.19. The third kappa shape index (κ3) is 2.51. The van der Waals surface area contributed by atoms with Gasteiger partial charge in [-0.1, -0.05) is 30.3 Å². The Balaban J connectivity index is 1.97. The van der Waals surface area contributed by atoms with Crippen LogP contribution in [0.3, 0.4) is 0 Å². The molecular formula is C15H12ClN3. The normalized spacial score (nSPS) is 10.6. The van der Waals surface area contributed by atoms with E-state index in [0.29, 0.717) is 5.88 Å². The first kappa shape index (κ1) is 11.9. The van der Waals surface area contributed by atoms with Crippen LogP contribution < -0.4 is 0 Å². The van der Waals surface area contributed by atoms with E-state index in [1.807, 2.05) is 41.3 Å². The van der Waals surface area contributed by atoms with Crippen LogP contribution in [0.2, 0.25) is 0 Å². The van der Waals surface area contributed by atoms with Crippen LogP contribution in [-0.4, -0.2) is 14.8 Å². The number of rotatable bonds is 3. The molecule has 0 spiro atoms. The average molecular weight is 270 g/mol. The van der Waals surface area contributed by atoms with Crippen molar-refractivity contribution in [2.75, 3.05) is 0 Å². The Hall–Kier alpha value is -2.13. The molecule has 0 amide bonds. The van der Waals surface area contributed by atoms with Crippen LogP contribution in [0.25, 0.3) is 16.8 Å². The van der Waals surface area contributed by atoms with E-state index >= 15 is 0 Å². The fraction of sp³-hybridized carbons (Fsp3) is 0.0667. The molecule has 0 atom stereocenters. The molecule has 0 aliphatic carbocycles. The lowest BCUT2D eigenvalue weighted by Crippen LogP contribution is -1.96. The highest BCUT2D eigenvalue weighted by atomic mass is 35.5. The van der Waals surface area contributed by atoms with Crippen LogP contribution in [0.4, 0.5) is 0 Å². The van der Waals surface area contributed by atoms with Crippen LogP contribution in [-0.2, 0) is 5.88 Å². The zero-order chi connectivity index (χ0) is 13.1. The molecule has 0 N–H and O–H groups in total. The maximum absolute atomic E-state index is 5.82. The third-order valence-electron chi connectivity index (χ3n) is 2.89. The van der Waals surface area contributed by atoms with Crippen molar-refractivity contribution in [3.05, 3.63) is 66.7 Å². The molecule has 19 heavy (non-hydrogen) atoms. The SMILES string of the molecule is ClCc1cncc(-n2cc(-c3ccccc3)cn2)c1. The lowest BCUT2D eigenvalue weighted by molar-refractivity contribution is 0.871. The Morgan fingerprint density at radius 1 is 1.00 bits per heavy atom. The topological polar surface area (TPSA) is 30.7 Å². The van der Waals surface area contributed by atoms with Crippen molar-refractivity contribution in [1.82, 2.24) is 14.8 Å². The van der Waals surface area contributed by atoms with Gasteiger partial charge in [-0.3, -0.25) is 4.98 Å². The van der Waals surface area contributed by atoms with E-state index in [0.717, 1.165) is 22.4 Å². The largest absolute Gasteiger partial charge is 0.262 e. The van der Waals surface area contributed by atoms with Crippen molar-refractivity contribution in [2.45, 2.75) is 5.88 Å². The molecule has 0 bridgehead atoms. The molecule has 0 radical (unpaired) electrons. The summed E-state index contributed by atoms with van der Waals surface area (Å²) in [6.07, 6.45) is 7.38. The fourth-order valence-electron chi connectivity index (χ4n) is 1.92. The summed E-state index contributed by atoms with van der Waals surface area (Å²) in [5.74, 6) is 0.452. The lowest BCUT2D eigenvalue weighted by atomic mass is 10.1. The Labute approximate surface area is 116 Å². The minimum atomic E-state index is 0.452. The van der Waals surface area contributed by atoms with E-state index in [9.17, 15) is 0 Å². The highest BCUT2D eigenvalue weighted by molar-refractivity contribution is 6.17. The van der Waals surface area contributed by atoms with Crippen molar-refractivity contribution in [3.8, 4) is 16.8 Å². The first-order valence-corrected chi connectivity index (χ1v) is 6.50. The summed E-state index contributed by atoms with van der Waals surface area (Å²) < 4.78 is 1.81. The van der Waals surface area contributed by atoms with Gasteiger partial charge in [0.15, 0.2) is 0 Å². The van der Waals surface area contributed by atoms with Gasteiger partial charge in [0.05, 0.1) is 18.1 Å². The lowest BCUT2D eigenvalue weighted by Gasteiger charge is -2.02. The van der Waals surface area contributed by atoms with E-state index in [1.165, 1.54) is 0 Å². The molecule has 1 aromatic carbocycles. The molecule has 0 aliphatic heterocycles. The predicted molar refractivity (Wildman–Crippen MR) is 76.4 cm³/mol. The van der Waals surface area contributed by atoms with Crippen LogP contribution in [0, 0.1) is 0 Å². The minimum absolute atomic E-state index is 0.452. The van der Waals surface area contributed by atoms with Crippen molar-refractivity contribution < 1.29 is 0 Å². The molecule has 2 aromatic heterocycles. The molecule has 94 valence electrons. The van der Waals surface area contributed by atoms with Gasteiger partial charge in [-0.15, -0.1) is 11.6 Å². The van der Waals surface area contributed by atoms with Gasteiger partial charge in [0.25, 0.3) is 0 Å². The molecule has 0 unspecified atom stereocenters. The molecule has 0 fully saturated rings. The maximum atomic E-state index is 5.82. The summed E-state index contributed by atoms with van der Waals surface area (Å²) >= 11 is 5.82. The van der Waals surface area contributed by atoms with E-state index < -0.39 is 0 Å². The van der Waals surface area contributed by atoms with Gasteiger partial charge in [-0.2, -0.15) is 5.10 Å². The average Bonchev–Trinajstić information content (AvgIpc) is 2.98. The first-order chi connectivity index (χ1) is 9.36. The molecule has 3 aromatic rings. The molecular weight excluding hydrogens is 258 g/mol. The van der Waals surface area contributed by atoms with Crippen LogP contribution in [0.1, 0.15) is 5.56 Å². The number of hydrogen-bond donors (Lipinski definition) is 0. The van der Waals surface area contributed by atoms with Crippen LogP contribution in [0.5, 0.6) is 0 Å². The molecule has 0 aliphatic rings. The second kappa shape index (κ2) is 5.24. The van der Waals surface area contributed by atoms with Gasteiger partial charge < -0.3 is 0 Å². The van der Waals surface area contributed by atoms with Crippen LogP contribution >= 0.6 is 11.6 Å². The first-order valence-electron chi connectivity index (χ1n) is 5.97. The highest BCUT2D eigenvalue weighted by Gasteiger charge is 2.04. The van der Waals surface area contributed by atoms with Gasteiger partial charge in [0.1, 0.15) is 0 Å². The number of hydrogen-bond acceptors (Lipinski definition) is 2. The summed E-state index contributed by atoms with van der Waals surface area (Å²) in [6.45, 7) is 0. The zero-order valence-corrected chi connectivity index (χ0v) is 11.0. The summed E-state index contributed by atoms with van der Waals surface area (Å²) in [5.41, 5.74) is 4.13. The maximum Gasteiger partial charge on any atom is 0.0832 e. The standard InChI is InChI=1S/C15H12ClN3/c16-7-12-6-15(10-17-8-12)19-11-14(9-18-19)13-4-2-1-3-5-13/h1-6,8-11H,7H2. The van der Waals surface area contributed by atoms with E-state index in [-0.39, 0.29) is 0 Å². The van der Waals surface area contributed by atoms with Gasteiger partial charge in [0.2, 0.25) is 0 Å². The van der Waals surface area contributed by atoms with Gasteiger partial charge in [-0.25, -0.2) is 4.68 Å². The van der Waals surface area contributed by atoms with Gasteiger partial charge in [-0.05, 0) is 17.2 Å². The van der Waals surface area contributed by atoms with Gasteiger partial charge >= 0.3 is 0 Å². The molecule has 0 saturated carbocycles. The van der Waals surface area contributed by atoms with Gasteiger partial charge in [0, 0.05) is 23.8 Å². The number of alkyl halides is 1. The summed E-state index contributed by atoms with van der Waals surface area (Å²) in [6, 6.07) is 12.2. The number of halogens is 1. The van der Waals surface area contributed by atoms with E-state index in [1.54, 1.807) is 12.4 Å². The fourth-order valence-corrected chi connectivity index (χ4v) is 2.06. The van der Waals surface area contributed by atoms with Crippen molar-refractivity contribution in [1.29, 1.82) is 0 Å². The summed E-state index contributed by atoms with van der Waals surface area (Å²) in [7, 11) is 0. The summed E-state index contributed by atoms with van der Waals surface area (Å²) in [5, 5.41) is 4.37. The Morgan fingerprint density at radius 2 is 1.84 bits per heavy atom. The van der Waals surface area contributed by atoms with Crippen molar-refractivity contribution >= 4 is 11.6 Å². The van der Waals surface area contributed by atoms with Crippen molar-refractivity contribution in [3.63, 3.8) is 0 Å². The van der Waals surface area contributed by atoms with E-state index in [2.05, 4.69) is 22.2 Å². The number of benzene rings is 1. The minimum Gasteiger partial charge on any atom is -0.262 e. The molecule has 0 saturated heterocycles. The predicted octanol–water partition coefficient (Wildman–Crippen LogP) is 3.67. The second-order valence-corrected chi connectivity index (χ2v) is 4.49.